The highest BCUT2D eigenvalue weighted by atomic mass is 32.2. The van der Waals surface area contributed by atoms with Gasteiger partial charge in [0.25, 0.3) is 0 Å². The molecule has 5 heteroatoms. The lowest BCUT2D eigenvalue weighted by Crippen LogP contribution is -2.41. The van der Waals surface area contributed by atoms with Crippen LogP contribution < -0.4 is 11.1 Å². The summed E-state index contributed by atoms with van der Waals surface area (Å²) in [7, 11) is 0. The van der Waals surface area contributed by atoms with E-state index in [-0.39, 0.29) is 17.8 Å². The molecule has 0 spiro atoms. The van der Waals surface area contributed by atoms with Crippen molar-refractivity contribution in [3.63, 3.8) is 0 Å². The lowest BCUT2D eigenvalue weighted by Gasteiger charge is -2.17. The fourth-order valence-corrected chi connectivity index (χ4v) is 2.05. The van der Waals surface area contributed by atoms with Gasteiger partial charge in [-0.25, -0.2) is 4.39 Å². The topological polar surface area (TPSA) is 55.1 Å². The maximum atomic E-state index is 13.0. The predicted octanol–water partition coefficient (Wildman–Crippen LogP) is 2.08. The van der Waals surface area contributed by atoms with Gasteiger partial charge in [0.15, 0.2) is 0 Å². The number of nitrogens with two attached hydrogens (primary N) is 1. The van der Waals surface area contributed by atoms with Crippen LogP contribution in [0.2, 0.25) is 0 Å². The Bertz CT molecular complexity index is 400. The minimum absolute atomic E-state index is 0.194. The Labute approximate surface area is 111 Å². The molecule has 0 aliphatic rings. The fourth-order valence-electron chi connectivity index (χ4n) is 1.56. The summed E-state index contributed by atoms with van der Waals surface area (Å²) in [6, 6.07) is 5.45. The largest absolute Gasteiger partial charge is 0.348 e. The predicted molar refractivity (Wildman–Crippen MR) is 73.9 cm³/mol. The molecule has 0 heterocycles. The van der Waals surface area contributed by atoms with Crippen molar-refractivity contribution in [2.75, 3.05) is 12.0 Å². The number of carbonyl (C=O) groups excluding carboxylic acids is 1. The van der Waals surface area contributed by atoms with E-state index >= 15 is 0 Å². The molecule has 0 radical (unpaired) electrons. The van der Waals surface area contributed by atoms with Crippen LogP contribution in [0.5, 0.6) is 0 Å². The third-order valence-electron chi connectivity index (χ3n) is 2.68. The van der Waals surface area contributed by atoms with Crippen molar-refractivity contribution in [1.82, 2.24) is 5.32 Å². The van der Waals surface area contributed by atoms with Crippen molar-refractivity contribution in [2.24, 2.45) is 5.73 Å². The molecule has 0 aromatic heterocycles. The average molecular weight is 270 g/mol. The van der Waals surface area contributed by atoms with Crippen molar-refractivity contribution in [2.45, 2.75) is 25.4 Å². The molecule has 100 valence electrons. The van der Waals surface area contributed by atoms with Crippen LogP contribution in [0.4, 0.5) is 4.39 Å². The maximum absolute atomic E-state index is 13.0. The molecular weight excluding hydrogens is 251 g/mol. The molecule has 0 aliphatic carbocycles. The van der Waals surface area contributed by atoms with Crippen LogP contribution >= 0.6 is 11.8 Å². The third kappa shape index (κ3) is 4.66. The summed E-state index contributed by atoms with van der Waals surface area (Å²) < 4.78 is 13.0. The van der Waals surface area contributed by atoms with Crippen LogP contribution in [0.3, 0.4) is 0 Å². The third-order valence-corrected chi connectivity index (χ3v) is 3.32. The maximum Gasteiger partial charge on any atom is 0.237 e. The van der Waals surface area contributed by atoms with Gasteiger partial charge in [-0.3, -0.25) is 4.79 Å². The van der Waals surface area contributed by atoms with E-state index in [9.17, 15) is 9.18 Å². The Morgan fingerprint density at radius 2 is 2.28 bits per heavy atom. The number of halogens is 1. The summed E-state index contributed by atoms with van der Waals surface area (Å²) in [4.78, 5) is 11.8. The Morgan fingerprint density at radius 3 is 2.89 bits per heavy atom. The number of hydrogen-bond donors (Lipinski definition) is 2. The first-order valence-electron chi connectivity index (χ1n) is 5.85. The summed E-state index contributed by atoms with van der Waals surface area (Å²) in [5.74, 6) is 0.351. The zero-order valence-electron chi connectivity index (χ0n) is 10.7. The highest BCUT2D eigenvalue weighted by molar-refractivity contribution is 7.98. The summed E-state index contributed by atoms with van der Waals surface area (Å²) in [5, 5.41) is 2.79. The van der Waals surface area contributed by atoms with Gasteiger partial charge in [0, 0.05) is 0 Å². The Balaban J connectivity index is 2.54. The standard InChI is InChI=1S/C13H19FN2OS/c1-9(10-4-3-5-11(14)8-10)16-13(17)12(15)6-7-18-2/h3-5,8-9,12H,6-7,15H2,1-2H3,(H,16,17)/t9-,12+/m0/s1. The van der Waals surface area contributed by atoms with E-state index in [1.807, 2.05) is 13.2 Å². The van der Waals surface area contributed by atoms with E-state index in [0.29, 0.717) is 6.42 Å². The molecule has 1 aromatic rings. The Hall–Kier alpha value is -1.07. The van der Waals surface area contributed by atoms with Gasteiger partial charge in [-0.1, -0.05) is 12.1 Å². The molecular formula is C13H19FN2OS. The number of benzene rings is 1. The molecule has 1 aromatic carbocycles. The van der Waals surface area contributed by atoms with Crippen molar-refractivity contribution >= 4 is 17.7 Å². The molecule has 1 amide bonds. The van der Waals surface area contributed by atoms with Crippen LogP contribution in [-0.4, -0.2) is 24.0 Å². The first kappa shape index (κ1) is 15.0. The van der Waals surface area contributed by atoms with Crippen molar-refractivity contribution in [3.8, 4) is 0 Å². The number of hydrogen-bond acceptors (Lipinski definition) is 3. The van der Waals surface area contributed by atoms with E-state index in [2.05, 4.69) is 5.32 Å². The normalized spacial score (nSPS) is 14.0. The van der Waals surface area contributed by atoms with E-state index in [1.165, 1.54) is 12.1 Å². The molecule has 1 rings (SSSR count). The molecule has 3 nitrogen and oxygen atoms in total. The average Bonchev–Trinajstić information content (AvgIpc) is 2.35. The van der Waals surface area contributed by atoms with Gasteiger partial charge in [0.2, 0.25) is 5.91 Å². The summed E-state index contributed by atoms with van der Waals surface area (Å²) in [6.45, 7) is 1.81. The molecule has 3 N–H and O–H groups in total. The zero-order chi connectivity index (χ0) is 13.5. The molecule has 0 saturated carbocycles. The van der Waals surface area contributed by atoms with Crippen LogP contribution in [0.1, 0.15) is 24.9 Å². The first-order valence-corrected chi connectivity index (χ1v) is 7.24. The van der Waals surface area contributed by atoms with Gasteiger partial charge in [-0.2, -0.15) is 11.8 Å². The van der Waals surface area contributed by atoms with Gasteiger partial charge >= 0.3 is 0 Å². The lowest BCUT2D eigenvalue weighted by molar-refractivity contribution is -0.123. The fraction of sp³-hybridized carbons (Fsp3) is 0.462. The summed E-state index contributed by atoms with van der Waals surface area (Å²) in [6.07, 6.45) is 2.61. The van der Waals surface area contributed by atoms with E-state index < -0.39 is 6.04 Å². The molecule has 0 fully saturated rings. The van der Waals surface area contributed by atoms with Gasteiger partial charge in [-0.05, 0) is 43.0 Å². The van der Waals surface area contributed by atoms with Gasteiger partial charge in [-0.15, -0.1) is 0 Å². The molecule has 0 bridgehead atoms. The van der Waals surface area contributed by atoms with E-state index in [1.54, 1.807) is 23.9 Å². The first-order chi connectivity index (χ1) is 8.54. The van der Waals surface area contributed by atoms with Gasteiger partial charge in [0.05, 0.1) is 12.1 Å². The van der Waals surface area contributed by atoms with Crippen LogP contribution in [0, 0.1) is 5.82 Å². The smallest absolute Gasteiger partial charge is 0.237 e. The Kier molecular flexibility index (Phi) is 6.15. The SMILES string of the molecule is CSCC[C@@H](N)C(=O)N[C@@H](C)c1cccc(F)c1. The molecule has 0 unspecified atom stereocenters. The number of rotatable bonds is 6. The second-order valence-corrected chi connectivity index (χ2v) is 5.16. The number of nitrogens with one attached hydrogen (secondary N) is 1. The van der Waals surface area contributed by atoms with Crippen molar-refractivity contribution in [3.05, 3.63) is 35.6 Å². The summed E-state index contributed by atoms with van der Waals surface area (Å²) >= 11 is 1.65. The molecule has 0 saturated heterocycles. The molecule has 0 aliphatic heterocycles. The zero-order valence-corrected chi connectivity index (χ0v) is 11.5. The number of amides is 1. The Morgan fingerprint density at radius 1 is 1.56 bits per heavy atom. The second-order valence-electron chi connectivity index (χ2n) is 4.17. The highest BCUT2D eigenvalue weighted by Gasteiger charge is 2.16. The van der Waals surface area contributed by atoms with Gasteiger partial charge < -0.3 is 11.1 Å². The van der Waals surface area contributed by atoms with Crippen LogP contribution in [0.25, 0.3) is 0 Å². The number of carbonyl (C=O) groups is 1. The number of thioether (sulfide) groups is 1. The molecule has 2 atom stereocenters. The highest BCUT2D eigenvalue weighted by Crippen LogP contribution is 2.13. The summed E-state index contributed by atoms with van der Waals surface area (Å²) in [5.41, 5.74) is 6.50. The minimum atomic E-state index is -0.506. The van der Waals surface area contributed by atoms with Crippen molar-refractivity contribution in [1.29, 1.82) is 0 Å². The van der Waals surface area contributed by atoms with Crippen LogP contribution in [-0.2, 0) is 4.79 Å². The monoisotopic (exact) mass is 270 g/mol. The minimum Gasteiger partial charge on any atom is -0.348 e. The van der Waals surface area contributed by atoms with Crippen LogP contribution in [0.15, 0.2) is 24.3 Å². The van der Waals surface area contributed by atoms with E-state index in [0.717, 1.165) is 11.3 Å². The lowest BCUT2D eigenvalue weighted by atomic mass is 10.1. The van der Waals surface area contributed by atoms with E-state index in [4.69, 9.17) is 5.73 Å². The second kappa shape index (κ2) is 7.38. The van der Waals surface area contributed by atoms with Crippen molar-refractivity contribution < 1.29 is 9.18 Å². The quantitative estimate of drug-likeness (QED) is 0.832. The van der Waals surface area contributed by atoms with Gasteiger partial charge in [0.1, 0.15) is 5.82 Å². The molecule has 18 heavy (non-hydrogen) atoms.